The first-order valence-electron chi connectivity index (χ1n) is 10.7. The van der Waals surface area contributed by atoms with Gasteiger partial charge in [-0.3, -0.25) is 14.5 Å². The van der Waals surface area contributed by atoms with Crippen molar-refractivity contribution in [1.29, 1.82) is 0 Å². The normalized spacial score (nSPS) is 11.6. The van der Waals surface area contributed by atoms with Crippen molar-refractivity contribution in [3.8, 4) is 16.9 Å². The predicted molar refractivity (Wildman–Crippen MR) is 129 cm³/mol. The summed E-state index contributed by atoms with van der Waals surface area (Å²) >= 11 is 0. The molecule has 3 aromatic carbocycles. The average molecular weight is 432 g/mol. The number of ether oxygens (including phenoxy) is 1. The van der Waals surface area contributed by atoms with Crippen LogP contribution in [0.5, 0.6) is 5.75 Å². The highest BCUT2D eigenvalue weighted by Gasteiger charge is 2.23. The number of anilines is 2. The van der Waals surface area contributed by atoms with Crippen LogP contribution in [0.2, 0.25) is 0 Å². The van der Waals surface area contributed by atoms with Gasteiger partial charge in [0.2, 0.25) is 11.8 Å². The van der Waals surface area contributed by atoms with E-state index in [0.717, 1.165) is 16.8 Å². The summed E-state index contributed by atoms with van der Waals surface area (Å²) in [6.07, 6.45) is 0. The summed E-state index contributed by atoms with van der Waals surface area (Å²) in [6.45, 7) is 4.37. The largest absolute Gasteiger partial charge is 0.495 e. The van der Waals surface area contributed by atoms with Gasteiger partial charge in [0, 0.05) is 11.3 Å². The smallest absolute Gasteiger partial charge is 0.241 e. The highest BCUT2D eigenvalue weighted by atomic mass is 16.5. The molecule has 0 spiro atoms. The minimum absolute atomic E-state index is 0.0868. The monoisotopic (exact) mass is 431 g/mol. The number of carbonyl (C=O) groups excluding carboxylic acids is 2. The molecular formula is C26H29N3O3. The van der Waals surface area contributed by atoms with Crippen molar-refractivity contribution in [3.05, 3.63) is 78.9 Å². The molecule has 2 amide bonds. The zero-order chi connectivity index (χ0) is 22.9. The zero-order valence-electron chi connectivity index (χ0n) is 18.7. The molecule has 0 radical (unpaired) electrons. The molecule has 0 aliphatic carbocycles. The van der Waals surface area contributed by atoms with Crippen LogP contribution < -0.4 is 15.4 Å². The number of para-hydroxylation sites is 3. The summed E-state index contributed by atoms with van der Waals surface area (Å²) < 4.78 is 5.28. The molecule has 2 N–H and O–H groups in total. The Morgan fingerprint density at radius 1 is 0.875 bits per heavy atom. The third-order valence-electron chi connectivity index (χ3n) is 5.33. The molecule has 6 nitrogen and oxygen atoms in total. The number of hydrogen-bond acceptors (Lipinski definition) is 4. The zero-order valence-corrected chi connectivity index (χ0v) is 18.7. The Labute approximate surface area is 189 Å². The molecule has 32 heavy (non-hydrogen) atoms. The Hall–Kier alpha value is -3.64. The Kier molecular flexibility index (Phi) is 8.00. The molecule has 0 bridgehead atoms. The van der Waals surface area contributed by atoms with Crippen molar-refractivity contribution in [2.24, 2.45) is 0 Å². The van der Waals surface area contributed by atoms with E-state index < -0.39 is 6.04 Å². The lowest BCUT2D eigenvalue weighted by molar-refractivity contribution is -0.123. The van der Waals surface area contributed by atoms with E-state index in [1.54, 1.807) is 26.2 Å². The Balaban J connectivity index is 1.67. The molecule has 166 valence electrons. The van der Waals surface area contributed by atoms with Gasteiger partial charge in [-0.1, -0.05) is 67.6 Å². The first kappa shape index (κ1) is 23.0. The summed E-state index contributed by atoms with van der Waals surface area (Å²) in [5.41, 5.74) is 3.32. The lowest BCUT2D eigenvalue weighted by Crippen LogP contribution is -2.45. The van der Waals surface area contributed by atoms with E-state index in [9.17, 15) is 9.59 Å². The molecule has 0 saturated heterocycles. The summed E-state index contributed by atoms with van der Waals surface area (Å²) in [6, 6.07) is 24.4. The summed E-state index contributed by atoms with van der Waals surface area (Å²) in [5, 5.41) is 5.90. The second-order valence-corrected chi connectivity index (χ2v) is 7.39. The molecule has 3 aromatic rings. The van der Waals surface area contributed by atoms with Crippen molar-refractivity contribution < 1.29 is 14.3 Å². The van der Waals surface area contributed by atoms with Crippen molar-refractivity contribution in [1.82, 2.24) is 4.90 Å². The van der Waals surface area contributed by atoms with Crippen LogP contribution in [0.3, 0.4) is 0 Å². The summed E-state index contributed by atoms with van der Waals surface area (Å²) in [4.78, 5) is 27.5. The molecule has 0 aliphatic rings. The molecule has 3 rings (SSSR count). The van der Waals surface area contributed by atoms with Gasteiger partial charge in [-0.05, 0) is 37.2 Å². The molecule has 0 aromatic heterocycles. The fourth-order valence-corrected chi connectivity index (χ4v) is 3.51. The lowest BCUT2D eigenvalue weighted by Gasteiger charge is -2.26. The van der Waals surface area contributed by atoms with Gasteiger partial charge in [0.05, 0.1) is 25.4 Å². The van der Waals surface area contributed by atoms with Crippen LogP contribution in [0.4, 0.5) is 11.4 Å². The van der Waals surface area contributed by atoms with E-state index in [1.807, 2.05) is 78.6 Å². The topological polar surface area (TPSA) is 70.7 Å². The van der Waals surface area contributed by atoms with Crippen LogP contribution in [0.25, 0.3) is 11.1 Å². The molecule has 1 unspecified atom stereocenters. The second kappa shape index (κ2) is 11.1. The first-order valence-corrected chi connectivity index (χ1v) is 10.7. The minimum atomic E-state index is -0.493. The van der Waals surface area contributed by atoms with Crippen LogP contribution in [0, 0.1) is 0 Å². The Morgan fingerprint density at radius 2 is 1.50 bits per heavy atom. The van der Waals surface area contributed by atoms with Crippen molar-refractivity contribution in [2.45, 2.75) is 19.9 Å². The third kappa shape index (κ3) is 5.74. The van der Waals surface area contributed by atoms with E-state index in [-0.39, 0.29) is 18.4 Å². The van der Waals surface area contributed by atoms with Gasteiger partial charge in [0.15, 0.2) is 0 Å². The maximum absolute atomic E-state index is 13.0. The number of carbonyl (C=O) groups is 2. The van der Waals surface area contributed by atoms with E-state index >= 15 is 0 Å². The lowest BCUT2D eigenvalue weighted by atomic mass is 10.0. The number of nitrogens with one attached hydrogen (secondary N) is 2. The number of hydrogen-bond donors (Lipinski definition) is 2. The highest BCUT2D eigenvalue weighted by molar-refractivity contribution is 5.99. The van der Waals surface area contributed by atoms with E-state index in [1.165, 1.54) is 0 Å². The highest BCUT2D eigenvalue weighted by Crippen LogP contribution is 2.28. The van der Waals surface area contributed by atoms with E-state index in [2.05, 4.69) is 10.6 Å². The van der Waals surface area contributed by atoms with Gasteiger partial charge < -0.3 is 15.4 Å². The molecular weight excluding hydrogens is 402 g/mol. The molecule has 1 atom stereocenters. The van der Waals surface area contributed by atoms with Crippen molar-refractivity contribution in [2.75, 3.05) is 30.8 Å². The fourth-order valence-electron chi connectivity index (χ4n) is 3.51. The average Bonchev–Trinajstić information content (AvgIpc) is 2.83. The maximum Gasteiger partial charge on any atom is 0.241 e. The van der Waals surface area contributed by atoms with Crippen LogP contribution >= 0.6 is 0 Å². The number of likely N-dealkylation sites (N-methyl/N-ethyl adjacent to an activating group) is 1. The van der Waals surface area contributed by atoms with Crippen molar-refractivity contribution in [3.63, 3.8) is 0 Å². The Morgan fingerprint density at radius 3 is 2.19 bits per heavy atom. The number of amides is 2. The number of rotatable bonds is 9. The standard InChI is InChI=1S/C26H29N3O3/c1-4-29(18-25(30)27-23-16-10-11-17-24(23)32-3)19(2)26(31)28-22-15-9-8-14-21(22)20-12-6-5-7-13-20/h5-17,19H,4,18H2,1-3H3,(H,27,30)(H,28,31). The molecule has 0 heterocycles. The summed E-state index contributed by atoms with van der Waals surface area (Å²) in [5.74, 6) is 0.216. The number of benzene rings is 3. The molecule has 0 aliphatic heterocycles. The number of methoxy groups -OCH3 is 1. The van der Waals surface area contributed by atoms with Gasteiger partial charge in [0.25, 0.3) is 0 Å². The van der Waals surface area contributed by atoms with Crippen LogP contribution in [-0.2, 0) is 9.59 Å². The second-order valence-electron chi connectivity index (χ2n) is 7.39. The van der Waals surface area contributed by atoms with E-state index in [4.69, 9.17) is 4.74 Å². The summed E-state index contributed by atoms with van der Waals surface area (Å²) in [7, 11) is 1.56. The van der Waals surface area contributed by atoms with Gasteiger partial charge >= 0.3 is 0 Å². The minimum Gasteiger partial charge on any atom is -0.495 e. The molecule has 0 fully saturated rings. The first-order chi connectivity index (χ1) is 15.5. The van der Waals surface area contributed by atoms with Gasteiger partial charge in [0.1, 0.15) is 5.75 Å². The van der Waals surface area contributed by atoms with Crippen LogP contribution in [-0.4, -0.2) is 43.0 Å². The number of nitrogens with zero attached hydrogens (tertiary/aromatic N) is 1. The fraction of sp³-hybridized carbons (Fsp3) is 0.231. The third-order valence-corrected chi connectivity index (χ3v) is 5.33. The predicted octanol–water partition coefficient (Wildman–Crippen LogP) is 4.65. The Bertz CT molecular complexity index is 1050. The SMILES string of the molecule is CCN(CC(=O)Nc1ccccc1OC)C(C)C(=O)Nc1ccccc1-c1ccccc1. The van der Waals surface area contributed by atoms with Crippen LogP contribution in [0.1, 0.15) is 13.8 Å². The van der Waals surface area contributed by atoms with Crippen molar-refractivity contribution >= 4 is 23.2 Å². The quantitative estimate of drug-likeness (QED) is 0.517. The van der Waals surface area contributed by atoms with Gasteiger partial charge in [-0.15, -0.1) is 0 Å². The van der Waals surface area contributed by atoms with Crippen LogP contribution in [0.15, 0.2) is 78.9 Å². The van der Waals surface area contributed by atoms with E-state index in [0.29, 0.717) is 18.0 Å². The van der Waals surface area contributed by atoms with Gasteiger partial charge in [-0.2, -0.15) is 0 Å². The molecule has 0 saturated carbocycles. The maximum atomic E-state index is 13.0. The molecule has 6 heteroatoms. The van der Waals surface area contributed by atoms with Gasteiger partial charge in [-0.25, -0.2) is 0 Å².